The van der Waals surface area contributed by atoms with Gasteiger partial charge in [0.1, 0.15) is 0 Å². The molecule has 1 aromatic heterocycles. The summed E-state index contributed by atoms with van der Waals surface area (Å²) in [5.74, 6) is 0. The van der Waals surface area contributed by atoms with E-state index in [0.717, 1.165) is 5.56 Å². The molecule has 1 aromatic rings. The van der Waals surface area contributed by atoms with E-state index >= 15 is 0 Å². The van der Waals surface area contributed by atoms with Gasteiger partial charge in [-0.1, -0.05) is 0 Å². The molecule has 0 saturated carbocycles. The van der Waals surface area contributed by atoms with Gasteiger partial charge in [-0.15, -0.1) is 0 Å². The third-order valence-corrected chi connectivity index (χ3v) is 1.54. The maximum Gasteiger partial charge on any atom is 0.253 e. The molecule has 0 saturated heterocycles. The molecule has 0 bridgehead atoms. The summed E-state index contributed by atoms with van der Waals surface area (Å²) in [5.41, 5.74) is 5.97. The highest BCUT2D eigenvalue weighted by molar-refractivity contribution is 5.11. The standard InChI is InChI=1S/C8H10F2N2/c9-8(10)7(11)5-6-1-3-12-4-2-6/h1-4,7-8H,5,11H2. The fourth-order valence-electron chi connectivity index (χ4n) is 0.880. The monoisotopic (exact) mass is 172 g/mol. The molecule has 1 heterocycles. The largest absolute Gasteiger partial charge is 0.323 e. The van der Waals surface area contributed by atoms with Crippen molar-refractivity contribution in [3.63, 3.8) is 0 Å². The van der Waals surface area contributed by atoms with Gasteiger partial charge in [0.05, 0.1) is 6.04 Å². The molecule has 2 N–H and O–H groups in total. The molecule has 66 valence electrons. The Bertz CT molecular complexity index is 226. The van der Waals surface area contributed by atoms with Gasteiger partial charge < -0.3 is 5.73 Å². The van der Waals surface area contributed by atoms with Crippen molar-refractivity contribution in [1.82, 2.24) is 4.98 Å². The number of hydrogen-bond acceptors (Lipinski definition) is 2. The predicted octanol–water partition coefficient (Wildman–Crippen LogP) is 1.22. The minimum absolute atomic E-state index is 0.195. The minimum atomic E-state index is -2.46. The van der Waals surface area contributed by atoms with Gasteiger partial charge in [0.25, 0.3) is 6.43 Å². The molecular formula is C8H10F2N2. The Balaban J connectivity index is 2.53. The first kappa shape index (κ1) is 9.06. The number of nitrogens with zero attached hydrogens (tertiary/aromatic N) is 1. The first-order valence-electron chi connectivity index (χ1n) is 3.63. The summed E-state index contributed by atoms with van der Waals surface area (Å²) in [6.07, 6.45) is 0.861. The number of hydrogen-bond donors (Lipinski definition) is 1. The van der Waals surface area contributed by atoms with Crippen molar-refractivity contribution >= 4 is 0 Å². The van der Waals surface area contributed by atoms with E-state index in [1.54, 1.807) is 24.5 Å². The van der Waals surface area contributed by atoms with Gasteiger partial charge in [-0.25, -0.2) is 8.78 Å². The molecule has 0 aliphatic heterocycles. The van der Waals surface area contributed by atoms with Gasteiger partial charge in [0.2, 0.25) is 0 Å². The average molecular weight is 172 g/mol. The quantitative estimate of drug-likeness (QED) is 0.744. The van der Waals surface area contributed by atoms with Crippen LogP contribution >= 0.6 is 0 Å². The van der Waals surface area contributed by atoms with Crippen LogP contribution in [0.1, 0.15) is 5.56 Å². The summed E-state index contributed by atoms with van der Waals surface area (Å²) in [6, 6.07) is 2.29. The molecule has 0 aliphatic rings. The van der Waals surface area contributed by atoms with Crippen LogP contribution in [0.4, 0.5) is 8.78 Å². The van der Waals surface area contributed by atoms with Crippen LogP contribution in [-0.4, -0.2) is 17.5 Å². The number of aromatic nitrogens is 1. The summed E-state index contributed by atoms with van der Waals surface area (Å²) in [6.45, 7) is 0. The molecule has 1 rings (SSSR count). The Kier molecular flexibility index (Phi) is 3.10. The van der Waals surface area contributed by atoms with Crippen molar-refractivity contribution in [2.45, 2.75) is 18.9 Å². The second kappa shape index (κ2) is 4.11. The smallest absolute Gasteiger partial charge is 0.253 e. The summed E-state index contributed by atoms with van der Waals surface area (Å²) < 4.78 is 23.9. The highest BCUT2D eigenvalue weighted by atomic mass is 19.3. The lowest BCUT2D eigenvalue weighted by Gasteiger charge is -2.09. The first-order valence-corrected chi connectivity index (χ1v) is 3.63. The highest BCUT2D eigenvalue weighted by Gasteiger charge is 2.14. The van der Waals surface area contributed by atoms with Gasteiger partial charge in [-0.2, -0.15) is 0 Å². The molecule has 4 heteroatoms. The average Bonchev–Trinajstić information content (AvgIpc) is 2.06. The third-order valence-electron chi connectivity index (χ3n) is 1.54. The molecule has 0 fully saturated rings. The van der Waals surface area contributed by atoms with Gasteiger partial charge in [-0.3, -0.25) is 4.98 Å². The summed E-state index contributed by atoms with van der Waals surface area (Å²) in [4.78, 5) is 3.77. The van der Waals surface area contributed by atoms with E-state index in [9.17, 15) is 8.78 Å². The van der Waals surface area contributed by atoms with Crippen molar-refractivity contribution in [3.05, 3.63) is 30.1 Å². The van der Waals surface area contributed by atoms with E-state index in [2.05, 4.69) is 4.98 Å². The van der Waals surface area contributed by atoms with Gasteiger partial charge >= 0.3 is 0 Å². The zero-order chi connectivity index (χ0) is 8.97. The SMILES string of the molecule is NC(Cc1ccncc1)C(F)F. The van der Waals surface area contributed by atoms with Gasteiger partial charge in [0, 0.05) is 12.4 Å². The molecule has 1 unspecified atom stereocenters. The first-order chi connectivity index (χ1) is 5.70. The molecule has 2 nitrogen and oxygen atoms in total. The summed E-state index contributed by atoms with van der Waals surface area (Å²) in [7, 11) is 0. The number of halogens is 2. The minimum Gasteiger partial charge on any atom is -0.323 e. The van der Waals surface area contributed by atoms with Crippen molar-refractivity contribution < 1.29 is 8.78 Å². The Morgan fingerprint density at radius 1 is 1.33 bits per heavy atom. The second-order valence-electron chi connectivity index (χ2n) is 2.56. The van der Waals surface area contributed by atoms with E-state index < -0.39 is 12.5 Å². The molecule has 0 aromatic carbocycles. The highest BCUT2D eigenvalue weighted by Crippen LogP contribution is 2.06. The fourth-order valence-corrected chi connectivity index (χ4v) is 0.880. The maximum absolute atomic E-state index is 12.0. The molecule has 0 spiro atoms. The van der Waals surface area contributed by atoms with E-state index in [-0.39, 0.29) is 6.42 Å². The zero-order valence-electron chi connectivity index (χ0n) is 6.45. The van der Waals surface area contributed by atoms with Crippen LogP contribution in [0, 0.1) is 0 Å². The maximum atomic E-state index is 12.0. The van der Waals surface area contributed by atoms with Crippen LogP contribution in [-0.2, 0) is 6.42 Å². The molecule has 0 aliphatic carbocycles. The lowest BCUT2D eigenvalue weighted by molar-refractivity contribution is 0.116. The van der Waals surface area contributed by atoms with Crippen LogP contribution in [0.25, 0.3) is 0 Å². The summed E-state index contributed by atoms with van der Waals surface area (Å²) in [5, 5.41) is 0. The van der Waals surface area contributed by atoms with Crippen LogP contribution < -0.4 is 5.73 Å². The number of pyridine rings is 1. The lowest BCUT2D eigenvalue weighted by Crippen LogP contribution is -2.30. The van der Waals surface area contributed by atoms with Crippen LogP contribution in [0.5, 0.6) is 0 Å². The number of alkyl halides is 2. The van der Waals surface area contributed by atoms with Crippen LogP contribution in [0.15, 0.2) is 24.5 Å². The Hall–Kier alpha value is -1.03. The second-order valence-corrected chi connectivity index (χ2v) is 2.56. The van der Waals surface area contributed by atoms with Gasteiger partial charge in [-0.05, 0) is 24.1 Å². The Morgan fingerprint density at radius 3 is 2.42 bits per heavy atom. The predicted molar refractivity (Wildman–Crippen MR) is 41.9 cm³/mol. The van der Waals surface area contributed by atoms with Crippen LogP contribution in [0.3, 0.4) is 0 Å². The molecule has 1 atom stereocenters. The van der Waals surface area contributed by atoms with Crippen molar-refractivity contribution in [2.75, 3.05) is 0 Å². The summed E-state index contributed by atoms with van der Waals surface area (Å²) >= 11 is 0. The van der Waals surface area contributed by atoms with Crippen molar-refractivity contribution in [1.29, 1.82) is 0 Å². The fraction of sp³-hybridized carbons (Fsp3) is 0.375. The molecule has 12 heavy (non-hydrogen) atoms. The Labute approximate surface area is 69.4 Å². The van der Waals surface area contributed by atoms with E-state index in [1.165, 1.54) is 0 Å². The van der Waals surface area contributed by atoms with E-state index in [4.69, 9.17) is 5.73 Å². The zero-order valence-corrected chi connectivity index (χ0v) is 6.45. The Morgan fingerprint density at radius 2 is 1.92 bits per heavy atom. The van der Waals surface area contributed by atoms with Crippen molar-refractivity contribution in [2.24, 2.45) is 5.73 Å². The van der Waals surface area contributed by atoms with Crippen LogP contribution in [0.2, 0.25) is 0 Å². The lowest BCUT2D eigenvalue weighted by atomic mass is 10.1. The van der Waals surface area contributed by atoms with E-state index in [0.29, 0.717) is 0 Å². The van der Waals surface area contributed by atoms with Gasteiger partial charge in [0.15, 0.2) is 0 Å². The molecule has 0 amide bonds. The number of rotatable bonds is 3. The topological polar surface area (TPSA) is 38.9 Å². The number of nitrogens with two attached hydrogens (primary N) is 1. The normalized spacial score (nSPS) is 13.3. The van der Waals surface area contributed by atoms with Crippen molar-refractivity contribution in [3.8, 4) is 0 Å². The third kappa shape index (κ3) is 2.54. The molecular weight excluding hydrogens is 162 g/mol. The molecule has 0 radical (unpaired) electrons. The van der Waals surface area contributed by atoms with E-state index in [1.807, 2.05) is 0 Å².